The van der Waals surface area contributed by atoms with Crippen molar-refractivity contribution in [3.63, 3.8) is 0 Å². The number of carbonyl (C=O) groups is 2. The van der Waals surface area contributed by atoms with Crippen molar-refractivity contribution in [2.45, 2.75) is 44.9 Å². The number of fused-ring (bicyclic) bond motifs is 1. The molecule has 26 heavy (non-hydrogen) atoms. The van der Waals surface area contributed by atoms with Gasteiger partial charge >= 0.3 is 11.9 Å². The van der Waals surface area contributed by atoms with Gasteiger partial charge in [0.15, 0.2) is 0 Å². The van der Waals surface area contributed by atoms with Crippen LogP contribution in [0.15, 0.2) is 54.1 Å². The van der Waals surface area contributed by atoms with Gasteiger partial charge in [0.05, 0.1) is 18.8 Å². The minimum absolute atomic E-state index is 0.300. The van der Waals surface area contributed by atoms with E-state index in [-0.39, 0.29) is 12.1 Å². The second kappa shape index (κ2) is 8.29. The first-order valence-corrected chi connectivity index (χ1v) is 8.67. The van der Waals surface area contributed by atoms with Crippen LogP contribution >= 0.6 is 0 Å². The molecule has 0 spiro atoms. The van der Waals surface area contributed by atoms with Crippen molar-refractivity contribution in [1.82, 2.24) is 0 Å². The van der Waals surface area contributed by atoms with Gasteiger partial charge in [-0.2, -0.15) is 0 Å². The SMILES string of the molecule is CCOC(=O)/C=C/[C@H]1O[C@H]2C(=C[C@H]1OCc1ccccc1)C(=O)O[C@H]2C. The van der Waals surface area contributed by atoms with E-state index in [0.29, 0.717) is 18.8 Å². The number of benzene rings is 1. The summed E-state index contributed by atoms with van der Waals surface area (Å²) in [6, 6.07) is 9.70. The van der Waals surface area contributed by atoms with Crippen LogP contribution in [0.5, 0.6) is 0 Å². The number of hydrogen-bond donors (Lipinski definition) is 0. The molecule has 138 valence electrons. The Morgan fingerprint density at radius 2 is 2.04 bits per heavy atom. The largest absolute Gasteiger partial charge is 0.463 e. The third-order valence-electron chi connectivity index (χ3n) is 4.23. The van der Waals surface area contributed by atoms with E-state index in [1.54, 1.807) is 26.0 Å². The Morgan fingerprint density at radius 1 is 1.27 bits per heavy atom. The summed E-state index contributed by atoms with van der Waals surface area (Å²) in [4.78, 5) is 23.6. The predicted octanol–water partition coefficient (Wildman–Crippen LogP) is 2.33. The van der Waals surface area contributed by atoms with Crippen LogP contribution in [0.2, 0.25) is 0 Å². The van der Waals surface area contributed by atoms with Gasteiger partial charge in [-0.05, 0) is 31.6 Å². The molecule has 0 N–H and O–H groups in total. The summed E-state index contributed by atoms with van der Waals surface area (Å²) in [7, 11) is 0. The molecule has 1 aromatic carbocycles. The van der Waals surface area contributed by atoms with Gasteiger partial charge in [-0.15, -0.1) is 0 Å². The highest BCUT2D eigenvalue weighted by molar-refractivity contribution is 5.92. The third kappa shape index (κ3) is 4.20. The van der Waals surface area contributed by atoms with Crippen LogP contribution in [0.4, 0.5) is 0 Å². The predicted molar refractivity (Wildman–Crippen MR) is 93.1 cm³/mol. The molecule has 2 aliphatic rings. The van der Waals surface area contributed by atoms with E-state index >= 15 is 0 Å². The Hall–Kier alpha value is -2.44. The second-order valence-electron chi connectivity index (χ2n) is 6.13. The molecule has 1 saturated heterocycles. The third-order valence-corrected chi connectivity index (χ3v) is 4.23. The van der Waals surface area contributed by atoms with Crippen molar-refractivity contribution < 1.29 is 28.5 Å². The van der Waals surface area contributed by atoms with Gasteiger partial charge in [-0.1, -0.05) is 30.3 Å². The van der Waals surface area contributed by atoms with E-state index in [0.717, 1.165) is 5.56 Å². The summed E-state index contributed by atoms with van der Waals surface area (Å²) >= 11 is 0. The van der Waals surface area contributed by atoms with Crippen LogP contribution in [0.25, 0.3) is 0 Å². The molecule has 4 atom stereocenters. The lowest BCUT2D eigenvalue weighted by Crippen LogP contribution is -2.40. The maximum Gasteiger partial charge on any atom is 0.336 e. The number of rotatable bonds is 6. The van der Waals surface area contributed by atoms with Gasteiger partial charge in [-0.25, -0.2) is 9.59 Å². The maximum atomic E-state index is 12.0. The van der Waals surface area contributed by atoms with E-state index in [2.05, 4.69) is 0 Å². The molecule has 6 nitrogen and oxygen atoms in total. The standard InChI is InChI=1S/C20H22O6/c1-3-23-18(21)10-9-16-17(24-12-14-7-5-4-6-8-14)11-15-19(26-16)13(2)25-20(15)22/h4-11,13,16-17,19H,3,12H2,1-2H3/b10-9+/t13-,16+,17+,19+/m0/s1. The number of hydrogen-bond acceptors (Lipinski definition) is 6. The Balaban J connectivity index is 1.77. The van der Waals surface area contributed by atoms with Crippen molar-refractivity contribution in [3.8, 4) is 0 Å². The van der Waals surface area contributed by atoms with Crippen molar-refractivity contribution in [3.05, 3.63) is 59.7 Å². The second-order valence-corrected chi connectivity index (χ2v) is 6.13. The number of cyclic esters (lactones) is 1. The number of carbonyl (C=O) groups excluding carboxylic acids is 2. The summed E-state index contributed by atoms with van der Waals surface area (Å²) in [6.45, 7) is 4.18. The molecule has 0 bridgehead atoms. The molecule has 0 unspecified atom stereocenters. The van der Waals surface area contributed by atoms with Crippen molar-refractivity contribution in [2.24, 2.45) is 0 Å². The highest BCUT2D eigenvalue weighted by atomic mass is 16.6. The average Bonchev–Trinajstić information content (AvgIpc) is 2.92. The first kappa shape index (κ1) is 18.4. The Bertz CT molecular complexity index is 708. The fourth-order valence-corrected chi connectivity index (χ4v) is 2.96. The molecule has 3 rings (SSSR count). The monoisotopic (exact) mass is 358 g/mol. The van der Waals surface area contributed by atoms with Crippen molar-refractivity contribution >= 4 is 11.9 Å². The van der Waals surface area contributed by atoms with Gasteiger partial charge in [0.25, 0.3) is 0 Å². The zero-order valence-corrected chi connectivity index (χ0v) is 14.8. The van der Waals surface area contributed by atoms with Crippen LogP contribution in [-0.2, 0) is 35.1 Å². The topological polar surface area (TPSA) is 71.1 Å². The van der Waals surface area contributed by atoms with E-state index in [9.17, 15) is 9.59 Å². The minimum Gasteiger partial charge on any atom is -0.463 e. The minimum atomic E-state index is -0.520. The fourth-order valence-electron chi connectivity index (χ4n) is 2.96. The summed E-state index contributed by atoms with van der Waals surface area (Å²) in [5, 5.41) is 0. The zero-order valence-electron chi connectivity index (χ0n) is 14.8. The van der Waals surface area contributed by atoms with Gasteiger partial charge in [0, 0.05) is 6.08 Å². The molecule has 0 amide bonds. The van der Waals surface area contributed by atoms with E-state index < -0.39 is 24.3 Å². The van der Waals surface area contributed by atoms with E-state index in [1.807, 2.05) is 30.3 Å². The summed E-state index contributed by atoms with van der Waals surface area (Å²) in [5.74, 6) is -0.830. The van der Waals surface area contributed by atoms with Gasteiger partial charge in [0.2, 0.25) is 0 Å². The highest BCUT2D eigenvalue weighted by Crippen LogP contribution is 2.32. The van der Waals surface area contributed by atoms with Crippen LogP contribution in [0.1, 0.15) is 19.4 Å². The molecule has 0 aliphatic carbocycles. The molecule has 1 aromatic rings. The Morgan fingerprint density at radius 3 is 2.77 bits per heavy atom. The summed E-state index contributed by atoms with van der Waals surface area (Å²) < 4.78 is 22.1. The molecular weight excluding hydrogens is 336 g/mol. The van der Waals surface area contributed by atoms with Crippen LogP contribution in [-0.4, -0.2) is 43.0 Å². The van der Waals surface area contributed by atoms with Crippen molar-refractivity contribution in [2.75, 3.05) is 6.61 Å². The molecule has 0 aromatic heterocycles. The van der Waals surface area contributed by atoms with E-state index in [1.165, 1.54) is 6.08 Å². The first-order valence-electron chi connectivity index (χ1n) is 8.67. The van der Waals surface area contributed by atoms with Crippen molar-refractivity contribution in [1.29, 1.82) is 0 Å². The van der Waals surface area contributed by atoms with Gasteiger partial charge in [0.1, 0.15) is 24.4 Å². The van der Waals surface area contributed by atoms with E-state index in [4.69, 9.17) is 18.9 Å². The molecule has 0 radical (unpaired) electrons. The van der Waals surface area contributed by atoms with Crippen LogP contribution in [0.3, 0.4) is 0 Å². The molecule has 2 aliphatic heterocycles. The molecule has 0 saturated carbocycles. The smallest absolute Gasteiger partial charge is 0.336 e. The molecule has 2 heterocycles. The first-order chi connectivity index (χ1) is 12.6. The molecular formula is C20H22O6. The summed E-state index contributed by atoms with van der Waals surface area (Å²) in [5.41, 5.74) is 1.47. The van der Waals surface area contributed by atoms with Crippen LogP contribution < -0.4 is 0 Å². The quantitative estimate of drug-likeness (QED) is 0.574. The lowest BCUT2D eigenvalue weighted by molar-refractivity contribution is -0.139. The average molecular weight is 358 g/mol. The Labute approximate surface area is 152 Å². The normalized spacial score (nSPS) is 27.8. The number of ether oxygens (including phenoxy) is 4. The van der Waals surface area contributed by atoms with Gasteiger partial charge < -0.3 is 18.9 Å². The van der Waals surface area contributed by atoms with Gasteiger partial charge in [-0.3, -0.25) is 0 Å². The Kier molecular flexibility index (Phi) is 5.85. The lowest BCUT2D eigenvalue weighted by atomic mass is 9.99. The molecule has 1 fully saturated rings. The highest BCUT2D eigenvalue weighted by Gasteiger charge is 2.44. The fraction of sp³-hybridized carbons (Fsp3) is 0.400. The lowest BCUT2D eigenvalue weighted by Gasteiger charge is -2.31. The summed E-state index contributed by atoms with van der Waals surface area (Å²) in [6.07, 6.45) is 2.81. The molecule has 6 heteroatoms. The number of esters is 2. The van der Waals surface area contributed by atoms with Crippen LogP contribution in [0, 0.1) is 0 Å². The zero-order chi connectivity index (χ0) is 18.5. The maximum absolute atomic E-state index is 12.0.